The Morgan fingerprint density at radius 1 is 1.47 bits per heavy atom. The van der Waals surface area contributed by atoms with Crippen molar-refractivity contribution in [2.24, 2.45) is 0 Å². The third kappa shape index (κ3) is 4.34. The number of Topliss-reactive ketones (excluding diaryl/α,β-unsaturated/α-hetero) is 1. The van der Waals surface area contributed by atoms with Gasteiger partial charge in [-0.25, -0.2) is 0 Å². The molecule has 1 rings (SSSR count). The first-order valence-corrected chi connectivity index (χ1v) is 5.27. The van der Waals surface area contributed by atoms with E-state index in [2.05, 4.69) is 11.3 Å². The molecule has 1 aromatic rings. The zero-order valence-corrected chi connectivity index (χ0v) is 9.58. The van der Waals surface area contributed by atoms with Gasteiger partial charge in [-0.15, -0.1) is 0 Å². The maximum atomic E-state index is 12.0. The third-order valence-corrected chi connectivity index (χ3v) is 2.29. The molecular weight excluding hydrogens is 226 g/mol. The maximum Gasteiger partial charge on any atom is 0.387 e. The topological polar surface area (TPSA) is 26.3 Å². The normalized spacial score (nSPS) is 10.4. The fraction of sp³-hybridized carbons (Fsp3) is 0.308. The first kappa shape index (κ1) is 13.4. The van der Waals surface area contributed by atoms with E-state index in [1.54, 1.807) is 6.07 Å². The van der Waals surface area contributed by atoms with Gasteiger partial charge >= 0.3 is 6.61 Å². The highest BCUT2D eigenvalue weighted by atomic mass is 19.3. The number of hydrogen-bond acceptors (Lipinski definition) is 2. The Morgan fingerprint density at radius 3 is 2.76 bits per heavy atom. The van der Waals surface area contributed by atoms with Crippen LogP contribution in [0.15, 0.2) is 36.4 Å². The van der Waals surface area contributed by atoms with Crippen LogP contribution in [0.2, 0.25) is 0 Å². The molecular formula is C13H14F2O2. The molecule has 0 saturated heterocycles. The highest BCUT2D eigenvalue weighted by Gasteiger charge is 2.10. The van der Waals surface area contributed by atoms with Crippen LogP contribution in [0.1, 0.15) is 30.1 Å². The van der Waals surface area contributed by atoms with Gasteiger partial charge in [-0.1, -0.05) is 31.2 Å². The molecule has 1 aromatic carbocycles. The molecule has 17 heavy (non-hydrogen) atoms. The summed E-state index contributed by atoms with van der Waals surface area (Å²) in [7, 11) is 0. The molecule has 0 saturated carbocycles. The van der Waals surface area contributed by atoms with Gasteiger partial charge in [0.1, 0.15) is 5.75 Å². The lowest BCUT2D eigenvalue weighted by molar-refractivity contribution is -0.0498. The van der Waals surface area contributed by atoms with Crippen LogP contribution < -0.4 is 4.74 Å². The van der Waals surface area contributed by atoms with Gasteiger partial charge < -0.3 is 4.74 Å². The highest BCUT2D eigenvalue weighted by Crippen LogP contribution is 2.18. The van der Waals surface area contributed by atoms with Crippen LogP contribution in [-0.4, -0.2) is 12.4 Å². The molecule has 0 N–H and O–H groups in total. The van der Waals surface area contributed by atoms with Crippen LogP contribution in [0.3, 0.4) is 0 Å². The number of halogens is 2. The number of ether oxygens (including phenoxy) is 1. The Kier molecular flexibility index (Phi) is 4.82. The molecule has 0 radical (unpaired) electrons. The van der Waals surface area contributed by atoms with E-state index >= 15 is 0 Å². The molecule has 0 unspecified atom stereocenters. The number of benzene rings is 1. The Bertz CT molecular complexity index is 414. The van der Waals surface area contributed by atoms with Crippen molar-refractivity contribution in [3.8, 4) is 5.75 Å². The lowest BCUT2D eigenvalue weighted by atomic mass is 10.0. The lowest BCUT2D eigenvalue weighted by Crippen LogP contribution is -2.04. The summed E-state index contributed by atoms with van der Waals surface area (Å²) in [4.78, 5) is 11.7. The molecule has 0 bridgehead atoms. The fourth-order valence-corrected chi connectivity index (χ4v) is 1.30. The van der Waals surface area contributed by atoms with Crippen LogP contribution in [0.5, 0.6) is 5.75 Å². The monoisotopic (exact) mass is 240 g/mol. The Morgan fingerprint density at radius 2 is 2.18 bits per heavy atom. The van der Waals surface area contributed by atoms with Crippen LogP contribution in [-0.2, 0) is 0 Å². The summed E-state index contributed by atoms with van der Waals surface area (Å²) in [5.41, 5.74) is 1.17. The fourth-order valence-electron chi connectivity index (χ4n) is 1.30. The summed E-state index contributed by atoms with van der Waals surface area (Å²) in [6, 6.07) is 5.79. The molecule has 0 fully saturated rings. The maximum absolute atomic E-state index is 12.0. The summed E-state index contributed by atoms with van der Waals surface area (Å²) in [6.07, 6.45) is 0.952. The van der Waals surface area contributed by atoms with Crippen molar-refractivity contribution in [1.82, 2.24) is 0 Å². The van der Waals surface area contributed by atoms with Crippen molar-refractivity contribution in [3.05, 3.63) is 42.0 Å². The molecule has 4 heteroatoms. The van der Waals surface area contributed by atoms with E-state index in [1.165, 1.54) is 18.2 Å². The van der Waals surface area contributed by atoms with Crippen molar-refractivity contribution in [1.29, 1.82) is 0 Å². The lowest BCUT2D eigenvalue weighted by Gasteiger charge is -2.06. The highest BCUT2D eigenvalue weighted by molar-refractivity contribution is 5.97. The molecule has 0 heterocycles. The summed E-state index contributed by atoms with van der Waals surface area (Å²) < 4.78 is 28.2. The largest absolute Gasteiger partial charge is 0.435 e. The van der Waals surface area contributed by atoms with Gasteiger partial charge in [-0.2, -0.15) is 8.78 Å². The van der Waals surface area contributed by atoms with Gasteiger partial charge in [0.15, 0.2) is 5.78 Å². The van der Waals surface area contributed by atoms with Crippen molar-refractivity contribution in [3.63, 3.8) is 0 Å². The van der Waals surface area contributed by atoms with Crippen molar-refractivity contribution < 1.29 is 18.3 Å². The van der Waals surface area contributed by atoms with Crippen LogP contribution in [0, 0.1) is 0 Å². The van der Waals surface area contributed by atoms with E-state index < -0.39 is 6.61 Å². The Labute approximate surface area is 98.9 Å². The quantitative estimate of drug-likeness (QED) is 0.558. The molecule has 0 aliphatic carbocycles. The van der Waals surface area contributed by atoms with Gasteiger partial charge in [-0.05, 0) is 18.6 Å². The first-order chi connectivity index (χ1) is 8.02. The minimum Gasteiger partial charge on any atom is -0.435 e. The molecule has 0 aliphatic rings. The van der Waals surface area contributed by atoms with E-state index in [0.717, 1.165) is 12.0 Å². The number of alkyl halides is 2. The number of carbonyl (C=O) groups excluding carboxylic acids is 1. The Balaban J connectivity index is 2.77. The van der Waals surface area contributed by atoms with E-state index in [1.807, 2.05) is 6.92 Å². The number of ketones is 1. The SMILES string of the molecule is C=C(CC)CC(=O)c1cccc(OC(F)F)c1. The van der Waals surface area contributed by atoms with Crippen LogP contribution >= 0.6 is 0 Å². The standard InChI is InChI=1S/C13H14F2O2/c1-3-9(2)7-12(16)10-5-4-6-11(8-10)17-13(14)15/h4-6,8,13H,2-3,7H2,1H3. The van der Waals surface area contributed by atoms with Crippen molar-refractivity contribution >= 4 is 5.78 Å². The van der Waals surface area contributed by atoms with Gasteiger partial charge in [0.05, 0.1) is 0 Å². The number of carbonyl (C=O) groups is 1. The zero-order chi connectivity index (χ0) is 12.8. The molecule has 0 amide bonds. The minimum atomic E-state index is -2.88. The predicted molar refractivity (Wildman–Crippen MR) is 61.5 cm³/mol. The summed E-state index contributed by atoms with van der Waals surface area (Å²) >= 11 is 0. The second-order valence-corrected chi connectivity index (χ2v) is 3.61. The van der Waals surface area contributed by atoms with Crippen molar-refractivity contribution in [2.45, 2.75) is 26.4 Å². The summed E-state index contributed by atoms with van der Waals surface area (Å²) in [6.45, 7) is 2.76. The van der Waals surface area contributed by atoms with Crippen LogP contribution in [0.4, 0.5) is 8.78 Å². The summed E-state index contributed by atoms with van der Waals surface area (Å²) in [5, 5.41) is 0. The number of rotatable bonds is 6. The average Bonchev–Trinajstić information content (AvgIpc) is 2.28. The molecule has 2 nitrogen and oxygen atoms in total. The molecule has 0 aliphatic heterocycles. The van der Waals surface area contributed by atoms with E-state index in [9.17, 15) is 13.6 Å². The molecule has 92 valence electrons. The minimum absolute atomic E-state index is 0.00652. The van der Waals surface area contributed by atoms with Gasteiger partial charge in [0.2, 0.25) is 0 Å². The summed E-state index contributed by atoms with van der Waals surface area (Å²) in [5.74, 6) is -0.149. The Hall–Kier alpha value is -1.71. The second kappa shape index (κ2) is 6.13. The number of hydrogen-bond donors (Lipinski definition) is 0. The van der Waals surface area contributed by atoms with Gasteiger partial charge in [0.25, 0.3) is 0 Å². The third-order valence-electron chi connectivity index (χ3n) is 2.29. The van der Waals surface area contributed by atoms with Crippen LogP contribution in [0.25, 0.3) is 0 Å². The molecule has 0 spiro atoms. The predicted octanol–water partition coefficient (Wildman–Crippen LogP) is 3.83. The zero-order valence-electron chi connectivity index (χ0n) is 9.58. The smallest absolute Gasteiger partial charge is 0.387 e. The van der Waals surface area contributed by atoms with E-state index in [0.29, 0.717) is 5.56 Å². The van der Waals surface area contributed by atoms with Crippen molar-refractivity contribution in [2.75, 3.05) is 0 Å². The van der Waals surface area contributed by atoms with Gasteiger partial charge in [-0.3, -0.25) is 4.79 Å². The molecule has 0 atom stereocenters. The second-order valence-electron chi connectivity index (χ2n) is 3.61. The average molecular weight is 240 g/mol. The van der Waals surface area contributed by atoms with Gasteiger partial charge in [0, 0.05) is 12.0 Å². The first-order valence-electron chi connectivity index (χ1n) is 5.27. The van der Waals surface area contributed by atoms with E-state index in [4.69, 9.17) is 0 Å². The number of allylic oxidation sites excluding steroid dienone is 1. The molecule has 0 aromatic heterocycles. The van der Waals surface area contributed by atoms with E-state index in [-0.39, 0.29) is 18.0 Å².